The fraction of sp³-hybridized carbons (Fsp3) is 0.357. The van der Waals surface area contributed by atoms with E-state index in [4.69, 9.17) is 0 Å². The van der Waals surface area contributed by atoms with Crippen molar-refractivity contribution in [3.05, 3.63) is 46.1 Å². The van der Waals surface area contributed by atoms with Crippen LogP contribution in [0.2, 0.25) is 0 Å². The first-order valence-corrected chi connectivity index (χ1v) is 7.47. The van der Waals surface area contributed by atoms with Crippen LogP contribution in [0.15, 0.2) is 35.6 Å². The maximum Gasteiger partial charge on any atom is 0.262 e. The fourth-order valence-corrected chi connectivity index (χ4v) is 3.17. The third-order valence-electron chi connectivity index (χ3n) is 3.36. The maximum absolute atomic E-state index is 12.5. The average molecular weight is 288 g/mol. The smallest absolute Gasteiger partial charge is 0.262 e. The molecule has 0 radical (unpaired) electrons. The zero-order chi connectivity index (χ0) is 14.1. The number of thiophene rings is 1. The molecule has 104 valence electrons. The lowest BCUT2D eigenvalue weighted by Crippen LogP contribution is -2.26. The van der Waals surface area contributed by atoms with Gasteiger partial charge in [0.1, 0.15) is 4.83 Å². The molecule has 1 atom stereocenters. The second-order valence-corrected chi connectivity index (χ2v) is 5.93. The Morgan fingerprint density at radius 1 is 1.45 bits per heavy atom. The number of fused-ring (bicyclic) bond motifs is 1. The summed E-state index contributed by atoms with van der Waals surface area (Å²) in [6.07, 6.45) is 6.22. The van der Waals surface area contributed by atoms with Crippen molar-refractivity contribution in [2.24, 2.45) is 0 Å². The van der Waals surface area contributed by atoms with Crippen LogP contribution in [0.3, 0.4) is 0 Å². The molecule has 20 heavy (non-hydrogen) atoms. The summed E-state index contributed by atoms with van der Waals surface area (Å²) in [6, 6.07) is 3.86. The number of nitrogens with zero attached hydrogens (tertiary/aromatic N) is 4. The molecular weight excluding hydrogens is 272 g/mol. The predicted octanol–water partition coefficient (Wildman–Crippen LogP) is 2.48. The van der Waals surface area contributed by atoms with Gasteiger partial charge in [0.05, 0.1) is 24.3 Å². The highest BCUT2D eigenvalue weighted by Gasteiger charge is 2.12. The molecule has 0 aromatic carbocycles. The van der Waals surface area contributed by atoms with Gasteiger partial charge in [0, 0.05) is 17.3 Å². The molecule has 3 aromatic rings. The largest absolute Gasteiger partial charge is 0.294 e. The Hall–Kier alpha value is -1.95. The summed E-state index contributed by atoms with van der Waals surface area (Å²) in [4.78, 5) is 19.0. The van der Waals surface area contributed by atoms with Crippen molar-refractivity contribution in [2.75, 3.05) is 0 Å². The zero-order valence-corrected chi connectivity index (χ0v) is 12.3. The summed E-state index contributed by atoms with van der Waals surface area (Å²) in [6.45, 7) is 4.75. The highest BCUT2D eigenvalue weighted by Crippen LogP contribution is 2.21. The normalized spacial score (nSPS) is 12.9. The van der Waals surface area contributed by atoms with Crippen LogP contribution in [0.1, 0.15) is 24.8 Å². The summed E-state index contributed by atoms with van der Waals surface area (Å²) < 4.78 is 3.52. The molecule has 5 nitrogen and oxygen atoms in total. The first-order chi connectivity index (χ1) is 9.69. The number of aromatic nitrogens is 4. The summed E-state index contributed by atoms with van der Waals surface area (Å²) in [5, 5.41) is 4.90. The zero-order valence-electron chi connectivity index (χ0n) is 11.5. The molecular formula is C14H16N4OS. The molecule has 3 aromatic heterocycles. The van der Waals surface area contributed by atoms with Crippen molar-refractivity contribution in [1.82, 2.24) is 19.3 Å². The van der Waals surface area contributed by atoms with E-state index >= 15 is 0 Å². The molecule has 3 rings (SSSR count). The van der Waals surface area contributed by atoms with E-state index in [1.807, 2.05) is 29.9 Å². The first-order valence-electron chi connectivity index (χ1n) is 6.66. The van der Waals surface area contributed by atoms with E-state index in [1.54, 1.807) is 28.4 Å². The lowest BCUT2D eigenvalue weighted by atomic mass is 10.3. The minimum absolute atomic E-state index is 0.0178. The molecule has 0 saturated heterocycles. The summed E-state index contributed by atoms with van der Waals surface area (Å²) in [7, 11) is 0. The van der Waals surface area contributed by atoms with Gasteiger partial charge >= 0.3 is 0 Å². The Balaban J connectivity index is 1.99. The van der Waals surface area contributed by atoms with E-state index in [9.17, 15) is 4.79 Å². The Morgan fingerprint density at radius 3 is 3.00 bits per heavy atom. The van der Waals surface area contributed by atoms with E-state index in [-0.39, 0.29) is 11.6 Å². The van der Waals surface area contributed by atoms with Crippen molar-refractivity contribution >= 4 is 21.6 Å². The Labute approximate surface area is 120 Å². The van der Waals surface area contributed by atoms with E-state index in [0.717, 1.165) is 16.6 Å². The standard InChI is InChI=1S/C14H16N4OS/c1-3-11-7-12-13(20-11)15-9-18(14(12)19)10(2)8-17-6-4-5-16-17/h4-7,9-10H,3,8H2,1-2H3. The van der Waals surface area contributed by atoms with Crippen LogP contribution in [0.25, 0.3) is 10.2 Å². The van der Waals surface area contributed by atoms with Gasteiger partial charge < -0.3 is 0 Å². The predicted molar refractivity (Wildman–Crippen MR) is 80.2 cm³/mol. The van der Waals surface area contributed by atoms with Crippen molar-refractivity contribution in [3.63, 3.8) is 0 Å². The summed E-state index contributed by atoms with van der Waals surface area (Å²) >= 11 is 1.60. The van der Waals surface area contributed by atoms with Crippen LogP contribution in [0.4, 0.5) is 0 Å². The molecule has 0 aliphatic heterocycles. The van der Waals surface area contributed by atoms with Gasteiger partial charge in [0.25, 0.3) is 5.56 Å². The summed E-state index contributed by atoms with van der Waals surface area (Å²) in [5.74, 6) is 0. The number of aryl methyl sites for hydroxylation is 1. The van der Waals surface area contributed by atoms with Crippen LogP contribution in [0.5, 0.6) is 0 Å². The van der Waals surface area contributed by atoms with Gasteiger partial charge in [-0.1, -0.05) is 6.92 Å². The van der Waals surface area contributed by atoms with Gasteiger partial charge in [0.2, 0.25) is 0 Å². The Kier molecular flexibility index (Phi) is 3.40. The molecule has 0 N–H and O–H groups in total. The Morgan fingerprint density at radius 2 is 2.30 bits per heavy atom. The third-order valence-corrected chi connectivity index (χ3v) is 4.55. The SMILES string of the molecule is CCc1cc2c(=O)n(C(C)Cn3cccn3)cnc2s1. The van der Waals surface area contributed by atoms with E-state index in [2.05, 4.69) is 17.0 Å². The molecule has 0 aliphatic rings. The lowest BCUT2D eigenvalue weighted by molar-refractivity contribution is 0.426. The highest BCUT2D eigenvalue weighted by atomic mass is 32.1. The van der Waals surface area contributed by atoms with Crippen LogP contribution in [-0.2, 0) is 13.0 Å². The third kappa shape index (κ3) is 2.27. The molecule has 0 spiro atoms. The number of rotatable bonds is 4. The van der Waals surface area contributed by atoms with Gasteiger partial charge in [-0.25, -0.2) is 4.98 Å². The van der Waals surface area contributed by atoms with Gasteiger partial charge in [-0.15, -0.1) is 11.3 Å². The van der Waals surface area contributed by atoms with Crippen LogP contribution in [0, 0.1) is 0 Å². The van der Waals surface area contributed by atoms with Gasteiger partial charge in [-0.05, 0) is 25.5 Å². The fourth-order valence-electron chi connectivity index (χ4n) is 2.24. The minimum atomic E-state index is 0.0178. The minimum Gasteiger partial charge on any atom is -0.294 e. The monoisotopic (exact) mass is 288 g/mol. The molecule has 0 fully saturated rings. The molecule has 1 unspecified atom stereocenters. The van der Waals surface area contributed by atoms with E-state index in [0.29, 0.717) is 6.54 Å². The highest BCUT2D eigenvalue weighted by molar-refractivity contribution is 7.18. The molecule has 0 amide bonds. The van der Waals surface area contributed by atoms with Crippen LogP contribution in [-0.4, -0.2) is 19.3 Å². The van der Waals surface area contributed by atoms with Crippen molar-refractivity contribution in [3.8, 4) is 0 Å². The molecule has 0 bridgehead atoms. The number of hydrogen-bond acceptors (Lipinski definition) is 4. The summed E-state index contributed by atoms with van der Waals surface area (Å²) in [5.41, 5.74) is 0.0330. The molecule has 0 aliphatic carbocycles. The van der Waals surface area contributed by atoms with Crippen molar-refractivity contribution in [2.45, 2.75) is 32.9 Å². The topological polar surface area (TPSA) is 52.7 Å². The van der Waals surface area contributed by atoms with Crippen molar-refractivity contribution in [1.29, 1.82) is 0 Å². The lowest BCUT2D eigenvalue weighted by Gasteiger charge is -2.14. The van der Waals surface area contributed by atoms with Crippen LogP contribution >= 0.6 is 11.3 Å². The maximum atomic E-state index is 12.5. The van der Waals surface area contributed by atoms with E-state index in [1.165, 1.54) is 4.88 Å². The van der Waals surface area contributed by atoms with Gasteiger partial charge in [0.15, 0.2) is 0 Å². The van der Waals surface area contributed by atoms with Gasteiger partial charge in [-0.2, -0.15) is 5.10 Å². The molecule has 3 heterocycles. The molecule has 6 heteroatoms. The molecule has 0 saturated carbocycles. The van der Waals surface area contributed by atoms with Crippen LogP contribution < -0.4 is 5.56 Å². The van der Waals surface area contributed by atoms with Gasteiger partial charge in [-0.3, -0.25) is 14.0 Å². The number of hydrogen-bond donors (Lipinski definition) is 0. The first kappa shape index (κ1) is 13.1. The quantitative estimate of drug-likeness (QED) is 0.741. The second-order valence-electron chi connectivity index (χ2n) is 4.82. The van der Waals surface area contributed by atoms with Crippen molar-refractivity contribution < 1.29 is 0 Å². The Bertz CT molecular complexity index is 772. The average Bonchev–Trinajstić information content (AvgIpc) is 3.07. The van der Waals surface area contributed by atoms with E-state index < -0.39 is 0 Å². The second kappa shape index (κ2) is 5.20.